The van der Waals surface area contributed by atoms with Gasteiger partial charge in [-0.3, -0.25) is 9.59 Å². The van der Waals surface area contributed by atoms with Gasteiger partial charge in [-0.05, 0) is 6.42 Å². The minimum Gasteiger partial charge on any atom is -0.464 e. The quantitative estimate of drug-likeness (QED) is 0.467. The fourth-order valence-electron chi connectivity index (χ4n) is 0.538. The lowest BCUT2D eigenvalue weighted by molar-refractivity contribution is -0.142. The largest absolute Gasteiger partial charge is 0.464 e. The van der Waals surface area contributed by atoms with E-state index in [4.69, 9.17) is 0 Å². The Morgan fingerprint density at radius 2 is 2.09 bits per heavy atom. The number of carbonyl (C=O) groups is 2. The molecule has 64 valence electrons. The van der Waals surface area contributed by atoms with Crippen molar-refractivity contribution in [3.8, 4) is 0 Å². The summed E-state index contributed by atoms with van der Waals surface area (Å²) >= 11 is 3.17. The zero-order valence-electron chi connectivity index (χ0n) is 5.86. The van der Waals surface area contributed by atoms with Gasteiger partial charge in [0, 0.05) is 5.33 Å². The monoisotopic (exact) mass is 224 g/mol. The molecule has 0 radical (unpaired) electrons. The van der Waals surface area contributed by atoms with Gasteiger partial charge in [-0.1, -0.05) is 15.9 Å². The van der Waals surface area contributed by atoms with Crippen LogP contribution in [0.15, 0.2) is 0 Å². The molecule has 0 aromatic rings. The summed E-state index contributed by atoms with van der Waals surface area (Å²) in [5.74, 6) is 0. The maximum Gasteiger partial charge on any atom is 0.293 e. The van der Waals surface area contributed by atoms with E-state index in [1.807, 2.05) is 0 Å². The zero-order valence-corrected chi connectivity index (χ0v) is 7.45. The summed E-state index contributed by atoms with van der Waals surface area (Å²) in [4.78, 5) is 19.6. The summed E-state index contributed by atoms with van der Waals surface area (Å²) in [6.45, 7) is 0.796. The van der Waals surface area contributed by atoms with Crippen molar-refractivity contribution < 1.29 is 19.1 Å². The summed E-state index contributed by atoms with van der Waals surface area (Å²) in [5.41, 5.74) is 0. The van der Waals surface area contributed by atoms with Gasteiger partial charge in [0.25, 0.3) is 12.9 Å². The second-order valence-corrected chi connectivity index (χ2v) is 2.55. The third kappa shape index (κ3) is 5.84. The Balaban J connectivity index is 3.49. The zero-order chi connectivity index (χ0) is 8.53. The summed E-state index contributed by atoms with van der Waals surface area (Å²) in [5, 5.41) is 0.702. The van der Waals surface area contributed by atoms with E-state index in [9.17, 15) is 9.59 Å². The van der Waals surface area contributed by atoms with Gasteiger partial charge in [-0.2, -0.15) is 0 Å². The molecule has 0 aromatic heterocycles. The molecule has 0 saturated heterocycles. The van der Waals surface area contributed by atoms with Gasteiger partial charge < -0.3 is 9.47 Å². The Morgan fingerprint density at radius 1 is 1.36 bits per heavy atom. The molecule has 0 rings (SSSR count). The molecule has 0 aliphatic carbocycles. The molecule has 5 heteroatoms. The molecule has 0 fully saturated rings. The third-order valence-electron chi connectivity index (χ3n) is 1.03. The first-order valence-corrected chi connectivity index (χ1v) is 4.17. The van der Waals surface area contributed by atoms with Crippen LogP contribution < -0.4 is 0 Å². The topological polar surface area (TPSA) is 52.6 Å². The molecule has 4 nitrogen and oxygen atoms in total. The van der Waals surface area contributed by atoms with Crippen LogP contribution in [0.5, 0.6) is 0 Å². The molecule has 0 N–H and O–H groups in total. The van der Waals surface area contributed by atoms with Crippen molar-refractivity contribution in [3.05, 3.63) is 0 Å². The Morgan fingerprint density at radius 3 is 2.55 bits per heavy atom. The summed E-state index contributed by atoms with van der Waals surface area (Å²) in [7, 11) is 0. The molecule has 0 saturated carbocycles. The second kappa shape index (κ2) is 7.53. The van der Waals surface area contributed by atoms with Crippen LogP contribution in [0.25, 0.3) is 0 Å². The molecule has 0 aromatic carbocycles. The predicted molar refractivity (Wildman–Crippen MR) is 41.4 cm³/mol. The maximum absolute atomic E-state index is 9.87. The maximum atomic E-state index is 9.87. The van der Waals surface area contributed by atoms with E-state index < -0.39 is 0 Å². The lowest BCUT2D eigenvalue weighted by atomic mass is 10.3. The van der Waals surface area contributed by atoms with Crippen LogP contribution >= 0.6 is 15.9 Å². The lowest BCUT2D eigenvalue weighted by Crippen LogP contribution is -2.19. The van der Waals surface area contributed by atoms with E-state index in [0.717, 1.165) is 0 Å². The van der Waals surface area contributed by atoms with Gasteiger partial charge in [-0.15, -0.1) is 0 Å². The molecule has 0 aliphatic rings. The van der Waals surface area contributed by atoms with Gasteiger partial charge >= 0.3 is 0 Å². The smallest absolute Gasteiger partial charge is 0.293 e. The molecule has 0 spiro atoms. The van der Waals surface area contributed by atoms with E-state index in [1.54, 1.807) is 0 Å². The van der Waals surface area contributed by atoms with E-state index in [-0.39, 0.29) is 12.7 Å². The van der Waals surface area contributed by atoms with Crippen LogP contribution in [0.2, 0.25) is 0 Å². The normalized spacial score (nSPS) is 11.7. The number of carbonyl (C=O) groups excluding carboxylic acids is 2. The first-order chi connectivity index (χ1) is 5.35. The third-order valence-corrected chi connectivity index (χ3v) is 1.49. The second-order valence-electron chi connectivity index (χ2n) is 1.76. The lowest BCUT2D eigenvalue weighted by Gasteiger charge is -2.11. The summed E-state index contributed by atoms with van der Waals surface area (Å²) in [6, 6.07) is 0. The SMILES string of the molecule is O=COCC(CCBr)OC=O. The Bertz CT molecular complexity index is 117. The first kappa shape index (κ1) is 10.4. The fraction of sp³-hybridized carbons (Fsp3) is 0.667. The van der Waals surface area contributed by atoms with Crippen molar-refractivity contribution in [2.24, 2.45) is 0 Å². The van der Waals surface area contributed by atoms with Crippen molar-refractivity contribution in [1.82, 2.24) is 0 Å². The van der Waals surface area contributed by atoms with Gasteiger partial charge in [0.1, 0.15) is 12.7 Å². The molecule has 1 atom stereocenters. The predicted octanol–water partition coefficient (Wildman–Crippen LogP) is 0.486. The number of hydrogen-bond donors (Lipinski definition) is 0. The van der Waals surface area contributed by atoms with Crippen LogP contribution in [0.3, 0.4) is 0 Å². The van der Waals surface area contributed by atoms with Crippen LogP contribution in [-0.2, 0) is 19.1 Å². The number of ether oxygens (including phenoxy) is 2. The highest BCUT2D eigenvalue weighted by molar-refractivity contribution is 9.09. The van der Waals surface area contributed by atoms with Crippen LogP contribution in [0.4, 0.5) is 0 Å². The molecule has 1 unspecified atom stereocenters. The minimum absolute atomic E-state index is 0.119. The highest BCUT2D eigenvalue weighted by Gasteiger charge is 2.07. The van der Waals surface area contributed by atoms with Gasteiger partial charge in [-0.25, -0.2) is 0 Å². The molecule has 0 heterocycles. The highest BCUT2D eigenvalue weighted by Crippen LogP contribution is 2.00. The van der Waals surface area contributed by atoms with Crippen molar-refractivity contribution in [1.29, 1.82) is 0 Å². The highest BCUT2D eigenvalue weighted by atomic mass is 79.9. The van der Waals surface area contributed by atoms with E-state index in [1.165, 1.54) is 0 Å². The van der Waals surface area contributed by atoms with Crippen LogP contribution in [0.1, 0.15) is 6.42 Å². The molecule has 11 heavy (non-hydrogen) atoms. The Kier molecular flexibility index (Phi) is 7.13. The first-order valence-electron chi connectivity index (χ1n) is 3.05. The average molecular weight is 225 g/mol. The Labute approximate surface area is 73.0 Å². The van der Waals surface area contributed by atoms with Crippen LogP contribution in [0, 0.1) is 0 Å². The van der Waals surface area contributed by atoms with E-state index >= 15 is 0 Å². The van der Waals surface area contributed by atoms with Crippen molar-refractivity contribution in [3.63, 3.8) is 0 Å². The van der Waals surface area contributed by atoms with Crippen molar-refractivity contribution >= 4 is 28.9 Å². The molecular formula is C6H9BrO4. The average Bonchev–Trinajstić information content (AvgIpc) is 2.01. The number of alkyl halides is 1. The van der Waals surface area contributed by atoms with Crippen molar-refractivity contribution in [2.45, 2.75) is 12.5 Å². The molecule has 0 bridgehead atoms. The standard InChI is InChI=1S/C6H9BrO4/c7-2-1-6(11-5-9)3-10-4-8/h4-6H,1-3H2. The number of rotatable bonds is 7. The van der Waals surface area contributed by atoms with E-state index in [2.05, 4.69) is 25.4 Å². The molecular weight excluding hydrogens is 216 g/mol. The molecule has 0 aliphatic heterocycles. The molecule has 0 amide bonds. The fourth-order valence-corrected chi connectivity index (χ4v) is 1.05. The van der Waals surface area contributed by atoms with Gasteiger partial charge in [0.2, 0.25) is 0 Å². The van der Waals surface area contributed by atoms with Gasteiger partial charge in [0.15, 0.2) is 0 Å². The summed E-state index contributed by atoms with van der Waals surface area (Å²) in [6.07, 6.45) is 0.295. The van der Waals surface area contributed by atoms with Crippen molar-refractivity contribution in [2.75, 3.05) is 11.9 Å². The summed E-state index contributed by atoms with van der Waals surface area (Å²) < 4.78 is 9.01. The van der Waals surface area contributed by atoms with Gasteiger partial charge in [0.05, 0.1) is 0 Å². The van der Waals surface area contributed by atoms with E-state index in [0.29, 0.717) is 24.7 Å². The van der Waals surface area contributed by atoms with Crippen LogP contribution in [-0.4, -0.2) is 31.0 Å². The minimum atomic E-state index is -0.336. The number of hydrogen-bond acceptors (Lipinski definition) is 4. The number of halogens is 1. The Hall–Kier alpha value is -0.580.